The van der Waals surface area contributed by atoms with Crippen LogP contribution in [0.5, 0.6) is 11.5 Å². The van der Waals surface area contributed by atoms with Crippen LogP contribution in [0.1, 0.15) is 51.8 Å². The first kappa shape index (κ1) is 102. The van der Waals surface area contributed by atoms with Gasteiger partial charge in [0.25, 0.3) is 29.5 Å². The number of pyridine rings is 3. The summed E-state index contributed by atoms with van der Waals surface area (Å²) >= 11 is 50.6. The molecule has 10 N–H and O–H groups in total. The Bertz CT molecular complexity index is 7890. The number of rotatable bonds is 22. The van der Waals surface area contributed by atoms with E-state index in [2.05, 4.69) is 123 Å². The number of aromatic nitrogens is 13. The maximum absolute atomic E-state index is 14.2. The van der Waals surface area contributed by atoms with Gasteiger partial charge in [-0.1, -0.05) is 239 Å². The van der Waals surface area contributed by atoms with Gasteiger partial charge in [-0.15, -0.1) is 0 Å². The highest BCUT2D eigenvalue weighted by Crippen LogP contribution is 2.41. The van der Waals surface area contributed by atoms with Crippen molar-refractivity contribution >= 4 is 171 Å². The number of ether oxygens (including phenoxy) is 2. The van der Waals surface area contributed by atoms with Crippen LogP contribution in [0.25, 0.3) is 113 Å². The molecule has 0 unspecified atom stereocenters. The molecule has 720 valence electrons. The van der Waals surface area contributed by atoms with E-state index in [-0.39, 0.29) is 43.0 Å². The van der Waals surface area contributed by atoms with Gasteiger partial charge in [-0.05, 0) is 199 Å². The molecule has 0 aliphatic carbocycles. The van der Waals surface area contributed by atoms with Crippen LogP contribution in [0.3, 0.4) is 0 Å². The lowest BCUT2D eigenvalue weighted by Crippen LogP contribution is -2.14. The molecule has 25 nitrogen and oxygen atoms in total. The van der Waals surface area contributed by atoms with E-state index in [9.17, 15) is 32.8 Å². The van der Waals surface area contributed by atoms with Crippen LogP contribution in [0.2, 0.25) is 35.2 Å². The lowest BCUT2D eigenvalue weighted by atomic mass is 10.1. The standard InChI is InChI=1S/C24H19Cl2N3O3.C22H14BrClFN3O.C21H14BrClN4O.C21H14Cl2N4O.C21H14ClFN4O/c1-31-20-11-9-16(21(26)22(20)32-2)24(30)28-15-8-10-18(25)17(12-15)23-27-13-19(29-23)14-6-4-3-5-7-14;23-17-8-4-7-15(20(17)25)22(29)27-14-9-10-18(24)16(11-14)21-26-12-19(28-21)13-5-2-1-3-6-13;22-19-10-14(8-9-24-19)21(28)26-15-6-7-17(23)16(11-15)20-25-12-18(27-20)13-4-2-1-3-5-13;2*22-17-7-6-14(26-21(28)15-8-9-24-11-18(15)23)10-16(17)20-25-12-19(27-20)13-4-2-1-3-5-13/h3-13H,1-2H3,(H,27,29)(H,28,30);1-12H,(H,26,28)(H,27,29);3*1-12H,(H,25,27)(H,26,28). The fourth-order valence-electron chi connectivity index (χ4n) is 14.4. The van der Waals surface area contributed by atoms with Crippen LogP contribution in [0.4, 0.5) is 37.2 Å². The van der Waals surface area contributed by atoms with E-state index in [0.29, 0.717) is 138 Å². The summed E-state index contributed by atoms with van der Waals surface area (Å²) in [5.74, 6) is 0.317. The Hall–Kier alpha value is -16.1. The normalized spacial score (nSPS) is 10.7. The van der Waals surface area contributed by atoms with Crippen molar-refractivity contribution in [2.45, 2.75) is 0 Å². The second-order valence-corrected chi connectivity index (χ2v) is 35.6. The highest BCUT2D eigenvalue weighted by molar-refractivity contribution is 9.10. The average Bonchev–Trinajstić information content (AvgIpc) is 1.70. The molecule has 0 spiro atoms. The molecule has 0 atom stereocenters. The molecule has 0 bridgehead atoms. The molecule has 0 aliphatic heterocycles. The minimum Gasteiger partial charge on any atom is -0.493 e. The van der Waals surface area contributed by atoms with Crippen LogP contribution in [-0.4, -0.2) is 109 Å². The van der Waals surface area contributed by atoms with Gasteiger partial charge in [0.1, 0.15) is 39.5 Å². The van der Waals surface area contributed by atoms with Crippen LogP contribution in [0.15, 0.2) is 368 Å². The summed E-state index contributed by atoms with van der Waals surface area (Å²) < 4.78 is 39.3. The zero-order valence-electron chi connectivity index (χ0n) is 75.7. The number of hydrogen-bond donors (Lipinski definition) is 10. The first-order chi connectivity index (χ1) is 70.4. The molecule has 36 heteroatoms. The molecule has 0 saturated heterocycles. The first-order valence-electron chi connectivity index (χ1n) is 43.6. The number of H-pyrrole nitrogens is 5. The average molecular weight is 2190 g/mol. The van der Waals surface area contributed by atoms with Gasteiger partial charge in [-0.25, -0.2) is 38.7 Å². The van der Waals surface area contributed by atoms with Crippen LogP contribution in [-0.2, 0) is 0 Å². The SMILES string of the molecule is COc1ccc(C(=O)Nc2ccc(Cl)c(-c3ncc(-c4ccccc4)[nH]3)c2)c(Cl)c1OC.O=C(Nc1ccc(Cl)c(-c2ncc(-c3ccccc3)[nH]2)c1)c1cccc(Br)c1F.O=C(Nc1ccc(Cl)c(-c2ncc(-c3ccccc3)[nH]2)c1)c1ccnc(Br)c1.O=C(Nc1ccc(Cl)c(-c2ncc(-c3ccccc3)[nH]2)c1)c1ccncc1Cl.O=C(Nc1ccc(Cl)c(-c2ncc(-c3ccccc3)[nH]2)c1)c1ccncc1F. The third-order valence-corrected chi connectivity index (χ3v) is 25.0. The Kier molecular flexibility index (Phi) is 33.8. The number of anilines is 5. The number of carbonyl (C=O) groups excluding carboxylic acids is 5. The van der Waals surface area contributed by atoms with E-state index in [1.54, 1.807) is 165 Å². The van der Waals surface area contributed by atoms with Crippen LogP contribution >= 0.6 is 113 Å². The van der Waals surface area contributed by atoms with Gasteiger partial charge in [-0.2, -0.15) is 0 Å². The molecule has 0 fully saturated rings. The predicted octanol–water partition coefficient (Wildman–Crippen LogP) is 29.6. The summed E-state index contributed by atoms with van der Waals surface area (Å²) in [5.41, 5.74) is 16.3. The number of imidazole rings is 5. The molecule has 8 heterocycles. The van der Waals surface area contributed by atoms with Crippen molar-refractivity contribution in [3.8, 4) is 125 Å². The first-order valence-corrected chi connectivity index (χ1v) is 47.8. The molecule has 8 aromatic heterocycles. The second-order valence-electron chi connectivity index (χ2n) is 31.1. The van der Waals surface area contributed by atoms with Gasteiger partial charge in [0.05, 0.1) is 142 Å². The zero-order chi connectivity index (χ0) is 102. The van der Waals surface area contributed by atoms with Crippen molar-refractivity contribution in [1.82, 2.24) is 64.8 Å². The van der Waals surface area contributed by atoms with E-state index >= 15 is 0 Å². The van der Waals surface area contributed by atoms with Gasteiger partial charge in [0, 0.05) is 86.6 Å². The van der Waals surface area contributed by atoms with E-state index in [4.69, 9.17) is 90.7 Å². The quantitative estimate of drug-likeness (QED) is 0.0282. The fraction of sp³-hybridized carbons (Fsp3) is 0.0183. The zero-order valence-corrected chi connectivity index (χ0v) is 84.1. The topological polar surface area (TPSA) is 346 Å². The number of carbonyl (C=O) groups is 5. The number of halogens is 11. The predicted molar refractivity (Wildman–Crippen MR) is 576 cm³/mol. The summed E-state index contributed by atoms with van der Waals surface area (Å²) in [6.45, 7) is 0. The number of nitrogens with one attached hydrogen (secondary N) is 10. The number of benzene rings is 12. The van der Waals surface area contributed by atoms with Crippen molar-refractivity contribution in [1.29, 1.82) is 0 Å². The second kappa shape index (κ2) is 48.1. The van der Waals surface area contributed by atoms with E-state index in [1.807, 2.05) is 152 Å². The highest BCUT2D eigenvalue weighted by Gasteiger charge is 2.24. The van der Waals surface area contributed by atoms with Gasteiger partial charge in [0.2, 0.25) is 0 Å². The van der Waals surface area contributed by atoms with Crippen LogP contribution in [0, 0.1) is 11.6 Å². The van der Waals surface area contributed by atoms with Crippen LogP contribution < -0.4 is 36.1 Å². The van der Waals surface area contributed by atoms with E-state index < -0.39 is 29.4 Å². The molecular weight excluding hydrogens is 2120 g/mol. The smallest absolute Gasteiger partial charge is 0.258 e. The Balaban J connectivity index is 0.000000130. The fourth-order valence-corrected chi connectivity index (χ4v) is 16.7. The van der Waals surface area contributed by atoms with Crippen molar-refractivity contribution in [3.05, 3.63) is 443 Å². The van der Waals surface area contributed by atoms with E-state index in [1.165, 1.54) is 51.0 Å². The molecule has 145 heavy (non-hydrogen) atoms. The molecule has 0 radical (unpaired) electrons. The Morgan fingerprint density at radius 1 is 0.297 bits per heavy atom. The number of methoxy groups -OCH3 is 2. The molecule has 0 saturated carbocycles. The summed E-state index contributed by atoms with van der Waals surface area (Å²) in [4.78, 5) is 113. The maximum atomic E-state index is 14.2. The number of hydrogen-bond acceptors (Lipinski definition) is 15. The Morgan fingerprint density at radius 3 is 0.952 bits per heavy atom. The minimum atomic E-state index is -0.687. The third-order valence-electron chi connectivity index (χ3n) is 21.6. The lowest BCUT2D eigenvalue weighted by Gasteiger charge is -2.13. The van der Waals surface area contributed by atoms with Crippen molar-refractivity contribution in [2.24, 2.45) is 0 Å². The maximum Gasteiger partial charge on any atom is 0.258 e. The molecule has 5 amide bonds. The van der Waals surface area contributed by atoms with Gasteiger partial charge in [-0.3, -0.25) is 33.9 Å². The van der Waals surface area contributed by atoms with Gasteiger partial charge in [0.15, 0.2) is 17.3 Å². The van der Waals surface area contributed by atoms with E-state index in [0.717, 1.165) is 62.5 Å². The summed E-state index contributed by atoms with van der Waals surface area (Å²) in [6, 6.07) is 88.8. The van der Waals surface area contributed by atoms with Gasteiger partial charge < -0.3 is 61.0 Å². The third kappa shape index (κ3) is 25.7. The largest absolute Gasteiger partial charge is 0.493 e. The molecule has 20 aromatic rings. The highest BCUT2D eigenvalue weighted by atomic mass is 79.9. The molecule has 12 aromatic carbocycles. The summed E-state index contributed by atoms with van der Waals surface area (Å²) in [6.07, 6.45) is 15.6. The van der Waals surface area contributed by atoms with Crippen molar-refractivity contribution < 1.29 is 42.2 Å². The Morgan fingerprint density at radius 2 is 0.621 bits per heavy atom. The molecular formula is C109H75Br2Cl7F2N18O7. The summed E-state index contributed by atoms with van der Waals surface area (Å²) in [7, 11) is 2.96. The number of amides is 5. The van der Waals surface area contributed by atoms with Gasteiger partial charge >= 0.3 is 0 Å². The van der Waals surface area contributed by atoms with Crippen molar-refractivity contribution in [3.63, 3.8) is 0 Å². The monoisotopic (exact) mass is 2190 g/mol. The number of aromatic amines is 5. The number of nitrogens with zero attached hydrogens (tertiary/aromatic N) is 8. The minimum absolute atomic E-state index is 0.0553. The summed E-state index contributed by atoms with van der Waals surface area (Å²) in [5, 5.41) is 16.9. The lowest BCUT2D eigenvalue weighted by molar-refractivity contribution is 0.101. The molecule has 0 aliphatic rings. The molecule has 20 rings (SSSR count). The van der Waals surface area contributed by atoms with Crippen molar-refractivity contribution in [2.75, 3.05) is 40.8 Å². The Labute approximate surface area is 879 Å².